The van der Waals surface area contributed by atoms with E-state index in [4.69, 9.17) is 0 Å². The van der Waals surface area contributed by atoms with Crippen molar-refractivity contribution in [3.8, 4) is 0 Å². The van der Waals surface area contributed by atoms with E-state index in [1.807, 2.05) is 51.0 Å². The highest BCUT2D eigenvalue weighted by atomic mass is 16.2. The summed E-state index contributed by atoms with van der Waals surface area (Å²) in [5.41, 5.74) is 4.06. The van der Waals surface area contributed by atoms with Gasteiger partial charge in [0.05, 0.1) is 11.3 Å². The second-order valence-corrected chi connectivity index (χ2v) is 8.82. The summed E-state index contributed by atoms with van der Waals surface area (Å²) < 4.78 is 0. The van der Waals surface area contributed by atoms with E-state index < -0.39 is 0 Å². The van der Waals surface area contributed by atoms with E-state index in [2.05, 4.69) is 16.0 Å². The smallest absolute Gasteiger partial charge is 0.255 e. The topological polar surface area (TPSA) is 90.5 Å². The van der Waals surface area contributed by atoms with Crippen molar-refractivity contribution in [2.75, 3.05) is 37.8 Å². The maximum atomic E-state index is 12.9. The lowest BCUT2D eigenvalue weighted by Gasteiger charge is -2.15. The van der Waals surface area contributed by atoms with Crippen molar-refractivity contribution in [1.29, 1.82) is 0 Å². The summed E-state index contributed by atoms with van der Waals surface area (Å²) in [6.07, 6.45) is 0.800. The van der Waals surface area contributed by atoms with Crippen LogP contribution in [0.4, 0.5) is 11.4 Å². The molecule has 7 nitrogen and oxygen atoms in total. The fraction of sp³-hybridized carbons (Fsp3) is 0.250. The number of hydrogen-bond donors (Lipinski definition) is 3. The van der Waals surface area contributed by atoms with Crippen molar-refractivity contribution in [2.24, 2.45) is 0 Å². The minimum atomic E-state index is -0.336. The van der Waals surface area contributed by atoms with Gasteiger partial charge in [-0.3, -0.25) is 14.4 Å². The molecule has 0 radical (unpaired) electrons. The third-order valence-electron chi connectivity index (χ3n) is 5.40. The van der Waals surface area contributed by atoms with Crippen LogP contribution in [-0.2, 0) is 0 Å². The molecule has 7 heteroatoms. The minimum Gasteiger partial charge on any atom is -0.352 e. The van der Waals surface area contributed by atoms with Crippen LogP contribution in [0.2, 0.25) is 0 Å². The van der Waals surface area contributed by atoms with Crippen molar-refractivity contribution >= 4 is 29.1 Å². The first-order chi connectivity index (χ1) is 16.7. The number of benzene rings is 3. The summed E-state index contributed by atoms with van der Waals surface area (Å²) in [7, 11) is 3.95. The Labute approximate surface area is 206 Å². The molecule has 3 rings (SSSR count). The molecule has 3 aromatic rings. The molecule has 3 N–H and O–H groups in total. The molecule has 0 saturated carbocycles. The van der Waals surface area contributed by atoms with Gasteiger partial charge in [-0.25, -0.2) is 0 Å². The molecular formula is C28H32N4O3. The maximum absolute atomic E-state index is 12.9. The Morgan fingerprint density at radius 3 is 1.91 bits per heavy atom. The van der Waals surface area contributed by atoms with E-state index in [1.54, 1.807) is 48.5 Å². The van der Waals surface area contributed by atoms with Gasteiger partial charge in [-0.05, 0) is 83.4 Å². The number of carbonyl (C=O) groups excluding carboxylic acids is 3. The predicted molar refractivity (Wildman–Crippen MR) is 140 cm³/mol. The average Bonchev–Trinajstić information content (AvgIpc) is 2.81. The third kappa shape index (κ3) is 7.52. The van der Waals surface area contributed by atoms with E-state index in [-0.39, 0.29) is 17.7 Å². The van der Waals surface area contributed by atoms with E-state index in [1.165, 1.54) is 0 Å². The number of aryl methyl sites for hydroxylation is 2. The van der Waals surface area contributed by atoms with Gasteiger partial charge in [0, 0.05) is 23.4 Å². The molecule has 0 unspecified atom stereocenters. The van der Waals surface area contributed by atoms with Gasteiger partial charge in [0.1, 0.15) is 0 Å². The lowest BCUT2D eigenvalue weighted by molar-refractivity contribution is 0.0952. The van der Waals surface area contributed by atoms with Crippen LogP contribution in [0.1, 0.15) is 48.6 Å². The van der Waals surface area contributed by atoms with Crippen LogP contribution in [0, 0.1) is 13.8 Å². The summed E-state index contributed by atoms with van der Waals surface area (Å²) in [5.74, 6) is -0.900. The number of rotatable bonds is 9. The Balaban J connectivity index is 1.84. The Morgan fingerprint density at radius 2 is 1.34 bits per heavy atom. The first kappa shape index (κ1) is 25.6. The third-order valence-corrected chi connectivity index (χ3v) is 5.40. The monoisotopic (exact) mass is 472 g/mol. The summed E-state index contributed by atoms with van der Waals surface area (Å²) in [6.45, 7) is 5.18. The van der Waals surface area contributed by atoms with Crippen molar-refractivity contribution in [2.45, 2.75) is 20.3 Å². The first-order valence-electron chi connectivity index (χ1n) is 11.6. The Bertz CT molecular complexity index is 1220. The molecular weight excluding hydrogens is 440 g/mol. The highest BCUT2D eigenvalue weighted by Crippen LogP contribution is 2.23. The highest BCUT2D eigenvalue weighted by Gasteiger charge is 2.16. The van der Waals surface area contributed by atoms with E-state index >= 15 is 0 Å². The first-order valence-corrected chi connectivity index (χ1v) is 11.6. The quantitative estimate of drug-likeness (QED) is 0.400. The van der Waals surface area contributed by atoms with Gasteiger partial charge in [-0.2, -0.15) is 0 Å². The van der Waals surface area contributed by atoms with Crippen molar-refractivity contribution in [3.63, 3.8) is 0 Å². The summed E-state index contributed by atoms with van der Waals surface area (Å²) in [5, 5.41) is 8.60. The molecule has 0 spiro atoms. The fourth-order valence-corrected chi connectivity index (χ4v) is 3.59. The second-order valence-electron chi connectivity index (χ2n) is 8.82. The molecule has 35 heavy (non-hydrogen) atoms. The number of carbonyl (C=O) groups is 3. The number of nitrogens with one attached hydrogen (secondary N) is 3. The normalized spacial score (nSPS) is 10.7. The molecule has 0 saturated heterocycles. The summed E-state index contributed by atoms with van der Waals surface area (Å²) in [6, 6.07) is 19.4. The average molecular weight is 473 g/mol. The summed E-state index contributed by atoms with van der Waals surface area (Å²) in [4.78, 5) is 40.6. The largest absolute Gasteiger partial charge is 0.352 e. The molecule has 3 amide bonds. The molecule has 0 aliphatic heterocycles. The van der Waals surface area contributed by atoms with E-state index in [0.29, 0.717) is 34.6 Å². The molecule has 0 aliphatic rings. The van der Waals surface area contributed by atoms with Crippen LogP contribution >= 0.6 is 0 Å². The van der Waals surface area contributed by atoms with Crippen LogP contribution in [-0.4, -0.2) is 49.8 Å². The Hall–Kier alpha value is -3.97. The van der Waals surface area contributed by atoms with Crippen molar-refractivity contribution < 1.29 is 14.4 Å². The standard InChI is InChI=1S/C28H32N4O3/c1-19-8-5-10-21(16-19)26(33)30-23-12-13-24(28(35)29-14-7-15-32(3)4)25(18-23)31-27(34)22-11-6-9-20(2)17-22/h5-6,8-13,16-18H,7,14-15H2,1-4H3,(H,29,35)(H,30,33)(H,31,34). The van der Waals surface area contributed by atoms with Crippen LogP contribution in [0.3, 0.4) is 0 Å². The zero-order chi connectivity index (χ0) is 25.4. The SMILES string of the molecule is Cc1cccc(C(=O)Nc2ccc(C(=O)NCCCN(C)C)c(NC(=O)c3cccc(C)c3)c2)c1. The van der Waals surface area contributed by atoms with E-state index in [9.17, 15) is 14.4 Å². The van der Waals surface area contributed by atoms with Gasteiger partial charge in [0.15, 0.2) is 0 Å². The Morgan fingerprint density at radius 1 is 0.743 bits per heavy atom. The zero-order valence-corrected chi connectivity index (χ0v) is 20.6. The van der Waals surface area contributed by atoms with Gasteiger partial charge < -0.3 is 20.9 Å². The van der Waals surface area contributed by atoms with E-state index in [0.717, 1.165) is 24.1 Å². The van der Waals surface area contributed by atoms with Crippen LogP contribution in [0.15, 0.2) is 66.7 Å². The molecule has 0 bridgehead atoms. The lowest BCUT2D eigenvalue weighted by atomic mass is 10.1. The van der Waals surface area contributed by atoms with Gasteiger partial charge in [0.25, 0.3) is 17.7 Å². The predicted octanol–water partition coefficient (Wildman–Crippen LogP) is 4.49. The maximum Gasteiger partial charge on any atom is 0.255 e. The molecule has 182 valence electrons. The number of amides is 3. The number of anilines is 2. The highest BCUT2D eigenvalue weighted by molar-refractivity contribution is 6.10. The summed E-state index contributed by atoms with van der Waals surface area (Å²) >= 11 is 0. The number of nitrogens with zero attached hydrogens (tertiary/aromatic N) is 1. The fourth-order valence-electron chi connectivity index (χ4n) is 3.59. The van der Waals surface area contributed by atoms with Crippen LogP contribution in [0.5, 0.6) is 0 Å². The zero-order valence-electron chi connectivity index (χ0n) is 20.6. The van der Waals surface area contributed by atoms with Crippen molar-refractivity contribution in [3.05, 3.63) is 94.5 Å². The van der Waals surface area contributed by atoms with Crippen molar-refractivity contribution in [1.82, 2.24) is 10.2 Å². The van der Waals surface area contributed by atoms with Gasteiger partial charge in [-0.1, -0.05) is 35.4 Å². The molecule has 0 fully saturated rings. The van der Waals surface area contributed by atoms with Gasteiger partial charge in [-0.15, -0.1) is 0 Å². The minimum absolute atomic E-state index is 0.273. The van der Waals surface area contributed by atoms with Crippen LogP contribution in [0.25, 0.3) is 0 Å². The second kappa shape index (κ2) is 11.9. The van der Waals surface area contributed by atoms with Gasteiger partial charge >= 0.3 is 0 Å². The molecule has 0 atom stereocenters. The van der Waals surface area contributed by atoms with Gasteiger partial charge in [0.2, 0.25) is 0 Å². The van der Waals surface area contributed by atoms with Crippen LogP contribution < -0.4 is 16.0 Å². The molecule has 0 heterocycles. The molecule has 0 aromatic heterocycles. The number of hydrogen-bond acceptors (Lipinski definition) is 4. The lowest BCUT2D eigenvalue weighted by Crippen LogP contribution is -2.28. The Kier molecular flexibility index (Phi) is 8.75. The molecule has 0 aliphatic carbocycles. The molecule has 3 aromatic carbocycles.